The second kappa shape index (κ2) is 7.72. The molecule has 2 N–H and O–H groups in total. The number of carbonyl (C=O) groups is 1. The lowest BCUT2D eigenvalue weighted by atomic mass is 10.1. The van der Waals surface area contributed by atoms with E-state index in [4.69, 9.17) is 4.42 Å². The molecule has 2 aromatic heterocycles. The third kappa shape index (κ3) is 3.61. The number of nitrogens with zero attached hydrogens (tertiary/aromatic N) is 1. The van der Waals surface area contributed by atoms with E-state index in [0.29, 0.717) is 23.2 Å². The molecular weight excluding hydrogens is 358 g/mol. The fraction of sp³-hybridized carbons (Fsp3) is 0.143. The quantitative estimate of drug-likeness (QED) is 0.485. The van der Waals surface area contributed by atoms with E-state index >= 15 is 0 Å². The molecule has 0 aliphatic heterocycles. The van der Waals surface area contributed by atoms with Gasteiger partial charge in [-0.25, -0.2) is 4.98 Å². The number of aromatic nitrogens is 2. The fourth-order valence-electron chi connectivity index (χ4n) is 3.03. The van der Waals surface area contributed by atoms with E-state index in [0.717, 1.165) is 17.5 Å². The van der Waals surface area contributed by atoms with Crippen molar-refractivity contribution < 1.29 is 9.21 Å². The molecule has 0 saturated carbocycles. The number of para-hydroxylation sites is 1. The van der Waals surface area contributed by atoms with Crippen molar-refractivity contribution in [3.63, 3.8) is 0 Å². The zero-order chi connectivity index (χ0) is 18.6. The van der Waals surface area contributed by atoms with E-state index in [2.05, 4.69) is 21.4 Å². The first-order valence-electron chi connectivity index (χ1n) is 8.69. The Morgan fingerprint density at radius 3 is 2.74 bits per heavy atom. The molecule has 4 rings (SSSR count). The van der Waals surface area contributed by atoms with E-state index in [9.17, 15) is 4.79 Å². The number of carbonyl (C=O) groups excluding carboxylic acids is 1. The molecule has 0 unspecified atom stereocenters. The third-order valence-corrected chi connectivity index (χ3v) is 5.02. The Labute approximate surface area is 161 Å². The van der Waals surface area contributed by atoms with E-state index in [1.54, 1.807) is 0 Å². The van der Waals surface area contributed by atoms with Crippen molar-refractivity contribution in [1.82, 2.24) is 15.3 Å². The molecule has 0 aliphatic rings. The number of oxazole rings is 1. The van der Waals surface area contributed by atoms with Gasteiger partial charge in [-0.3, -0.25) is 4.79 Å². The number of benzene rings is 2. The molecule has 27 heavy (non-hydrogen) atoms. The van der Waals surface area contributed by atoms with Crippen molar-refractivity contribution in [2.24, 2.45) is 0 Å². The predicted molar refractivity (Wildman–Crippen MR) is 108 cm³/mol. The van der Waals surface area contributed by atoms with Gasteiger partial charge < -0.3 is 14.7 Å². The van der Waals surface area contributed by atoms with E-state index < -0.39 is 0 Å². The summed E-state index contributed by atoms with van der Waals surface area (Å²) in [5, 5.41) is 4.66. The van der Waals surface area contributed by atoms with Crippen LogP contribution >= 0.6 is 11.8 Å². The van der Waals surface area contributed by atoms with E-state index in [-0.39, 0.29) is 5.91 Å². The van der Waals surface area contributed by atoms with Gasteiger partial charge in [0, 0.05) is 29.2 Å². The molecule has 0 bridgehead atoms. The van der Waals surface area contributed by atoms with E-state index in [1.165, 1.54) is 22.7 Å². The van der Waals surface area contributed by atoms with Gasteiger partial charge >= 0.3 is 0 Å². The molecule has 2 heterocycles. The van der Waals surface area contributed by atoms with Crippen molar-refractivity contribution in [2.75, 3.05) is 12.8 Å². The number of hydrogen-bond acceptors (Lipinski definition) is 4. The minimum absolute atomic E-state index is 0.217. The van der Waals surface area contributed by atoms with Crippen molar-refractivity contribution >= 4 is 28.6 Å². The monoisotopic (exact) mass is 377 g/mol. The SMILES string of the molecule is CSc1oc(-c2ccccc2)nc1C(=O)NCCc1c[nH]c2ccccc12. The lowest BCUT2D eigenvalue weighted by Gasteiger charge is -2.03. The first-order chi connectivity index (χ1) is 13.3. The van der Waals surface area contributed by atoms with Crippen LogP contribution in [0.15, 0.2) is 70.3 Å². The van der Waals surface area contributed by atoms with Crippen molar-refractivity contribution in [1.29, 1.82) is 0 Å². The van der Waals surface area contributed by atoms with Crippen LogP contribution in [0.25, 0.3) is 22.4 Å². The van der Waals surface area contributed by atoms with E-state index in [1.807, 2.05) is 61.0 Å². The average molecular weight is 377 g/mol. The lowest BCUT2D eigenvalue weighted by Crippen LogP contribution is -2.26. The topological polar surface area (TPSA) is 70.9 Å². The highest BCUT2D eigenvalue weighted by Gasteiger charge is 2.20. The number of nitrogens with one attached hydrogen (secondary N) is 2. The summed E-state index contributed by atoms with van der Waals surface area (Å²) in [4.78, 5) is 20.3. The Balaban J connectivity index is 1.46. The summed E-state index contributed by atoms with van der Waals surface area (Å²) >= 11 is 1.38. The van der Waals surface area contributed by atoms with Gasteiger partial charge in [0.05, 0.1) is 0 Å². The summed E-state index contributed by atoms with van der Waals surface area (Å²) in [7, 11) is 0. The molecule has 4 aromatic rings. The largest absolute Gasteiger partial charge is 0.429 e. The standard InChI is InChI=1S/C21H19N3O2S/c1-27-21-18(24-20(26-21)14-7-3-2-4-8-14)19(25)22-12-11-15-13-23-17-10-6-5-9-16(15)17/h2-10,13,23H,11-12H2,1H3,(H,22,25). The predicted octanol–water partition coefficient (Wildman–Crippen LogP) is 4.52. The van der Waals surface area contributed by atoms with Gasteiger partial charge in [0.15, 0.2) is 10.8 Å². The van der Waals surface area contributed by atoms with Crippen LogP contribution in [0.3, 0.4) is 0 Å². The van der Waals surface area contributed by atoms with Gasteiger partial charge in [0.25, 0.3) is 5.91 Å². The van der Waals surface area contributed by atoms with Crippen LogP contribution in [0.2, 0.25) is 0 Å². The summed E-state index contributed by atoms with van der Waals surface area (Å²) < 4.78 is 5.77. The maximum Gasteiger partial charge on any atom is 0.274 e. The van der Waals surface area contributed by atoms with Crippen LogP contribution in [0.4, 0.5) is 0 Å². The zero-order valence-electron chi connectivity index (χ0n) is 14.9. The number of fused-ring (bicyclic) bond motifs is 1. The Morgan fingerprint density at radius 1 is 1.15 bits per heavy atom. The average Bonchev–Trinajstić information content (AvgIpc) is 3.33. The molecule has 0 fully saturated rings. The molecule has 1 amide bonds. The Hall–Kier alpha value is -2.99. The maximum absolute atomic E-state index is 12.6. The van der Waals surface area contributed by atoms with Gasteiger partial charge in [-0.1, -0.05) is 48.2 Å². The normalized spacial score (nSPS) is 11.0. The Morgan fingerprint density at radius 2 is 1.93 bits per heavy atom. The molecule has 136 valence electrons. The molecule has 0 spiro atoms. The van der Waals surface area contributed by atoms with Crippen LogP contribution in [-0.4, -0.2) is 28.7 Å². The first-order valence-corrected chi connectivity index (χ1v) is 9.92. The minimum Gasteiger partial charge on any atom is -0.429 e. The number of amides is 1. The molecule has 0 radical (unpaired) electrons. The summed E-state index contributed by atoms with van der Waals surface area (Å²) in [6.07, 6.45) is 4.61. The first kappa shape index (κ1) is 17.4. The van der Waals surface area contributed by atoms with Crippen LogP contribution in [-0.2, 0) is 6.42 Å². The highest BCUT2D eigenvalue weighted by Crippen LogP contribution is 2.27. The van der Waals surface area contributed by atoms with Gasteiger partial charge in [-0.05, 0) is 36.4 Å². The van der Waals surface area contributed by atoms with Crippen molar-refractivity contribution in [3.05, 3.63) is 72.1 Å². The summed E-state index contributed by atoms with van der Waals surface area (Å²) in [5.41, 5.74) is 3.47. The van der Waals surface area contributed by atoms with Crippen LogP contribution in [0.5, 0.6) is 0 Å². The number of aromatic amines is 1. The molecule has 2 aromatic carbocycles. The fourth-order valence-corrected chi connectivity index (χ4v) is 3.52. The molecular formula is C21H19N3O2S. The number of thioether (sulfide) groups is 1. The Bertz CT molecular complexity index is 1070. The second-order valence-electron chi connectivity index (χ2n) is 6.09. The molecule has 0 saturated heterocycles. The van der Waals surface area contributed by atoms with Crippen molar-refractivity contribution in [3.8, 4) is 11.5 Å². The van der Waals surface area contributed by atoms with Crippen LogP contribution in [0.1, 0.15) is 16.1 Å². The minimum atomic E-state index is -0.217. The van der Waals surface area contributed by atoms with Gasteiger partial charge in [0.1, 0.15) is 0 Å². The molecule has 0 atom stereocenters. The summed E-state index contributed by atoms with van der Waals surface area (Å²) in [6, 6.07) is 17.7. The number of hydrogen-bond donors (Lipinski definition) is 2. The summed E-state index contributed by atoms with van der Waals surface area (Å²) in [6.45, 7) is 0.530. The van der Waals surface area contributed by atoms with Gasteiger partial charge in [-0.2, -0.15) is 0 Å². The zero-order valence-corrected chi connectivity index (χ0v) is 15.7. The molecule has 5 nitrogen and oxygen atoms in total. The van der Waals surface area contributed by atoms with Crippen molar-refractivity contribution in [2.45, 2.75) is 11.5 Å². The smallest absolute Gasteiger partial charge is 0.274 e. The highest BCUT2D eigenvalue weighted by atomic mass is 32.2. The van der Waals surface area contributed by atoms with Crippen LogP contribution < -0.4 is 5.32 Å². The summed E-state index contributed by atoms with van der Waals surface area (Å²) in [5.74, 6) is 0.242. The highest BCUT2D eigenvalue weighted by molar-refractivity contribution is 7.98. The Kier molecular flexibility index (Phi) is 4.98. The third-order valence-electron chi connectivity index (χ3n) is 4.37. The lowest BCUT2D eigenvalue weighted by molar-refractivity contribution is 0.0944. The van der Waals surface area contributed by atoms with Gasteiger partial charge in [0.2, 0.25) is 5.89 Å². The number of H-pyrrole nitrogens is 1. The maximum atomic E-state index is 12.6. The second-order valence-corrected chi connectivity index (χ2v) is 6.87. The van der Waals surface area contributed by atoms with Crippen LogP contribution in [0, 0.1) is 0 Å². The van der Waals surface area contributed by atoms with Gasteiger partial charge in [-0.15, -0.1) is 0 Å². The molecule has 6 heteroatoms. The number of rotatable bonds is 6. The molecule has 0 aliphatic carbocycles.